The third kappa shape index (κ3) is 7.28. The van der Waals surface area contributed by atoms with E-state index in [0.717, 1.165) is 19.3 Å². The molecule has 0 aromatic heterocycles. The zero-order valence-corrected chi connectivity index (χ0v) is 7.58. The van der Waals surface area contributed by atoms with Crippen molar-refractivity contribution in [2.45, 2.75) is 26.2 Å². The Balaban J connectivity index is 3.33. The number of ether oxygens (including phenoxy) is 1. The molecule has 0 rings (SSSR count). The summed E-state index contributed by atoms with van der Waals surface area (Å²) < 4.78 is 4.86. The number of carbonyl (C=O) groups excluding carboxylic acids is 1. The minimum Gasteiger partial charge on any atom is -0.463 e. The molecule has 0 unspecified atom stereocenters. The third-order valence-corrected chi connectivity index (χ3v) is 1.33. The molecule has 12 heavy (non-hydrogen) atoms. The summed E-state index contributed by atoms with van der Waals surface area (Å²) in [6.07, 6.45) is 5.86. The average molecular weight is 171 g/mol. The van der Waals surface area contributed by atoms with Crippen LogP contribution in [0.15, 0.2) is 12.2 Å². The highest BCUT2D eigenvalue weighted by molar-refractivity contribution is 5.81. The van der Waals surface area contributed by atoms with Crippen molar-refractivity contribution in [3.63, 3.8) is 0 Å². The Hall–Kier alpha value is -0.830. The number of carbonyl (C=O) groups is 1. The van der Waals surface area contributed by atoms with Crippen LogP contribution in [0.3, 0.4) is 0 Å². The number of hydrogen-bond acceptors (Lipinski definition) is 3. The van der Waals surface area contributed by atoms with E-state index < -0.39 is 0 Å². The Labute approximate surface area is 73.6 Å². The van der Waals surface area contributed by atoms with Crippen molar-refractivity contribution in [3.05, 3.63) is 12.2 Å². The van der Waals surface area contributed by atoms with Gasteiger partial charge in [0, 0.05) is 6.08 Å². The molecule has 70 valence electrons. The SMILES string of the molecule is CCCCOC(=O)C=CCCN. The summed E-state index contributed by atoms with van der Waals surface area (Å²) in [5.74, 6) is -0.267. The number of esters is 1. The van der Waals surface area contributed by atoms with Gasteiger partial charge in [0.2, 0.25) is 0 Å². The van der Waals surface area contributed by atoms with Crippen molar-refractivity contribution in [2.75, 3.05) is 13.2 Å². The lowest BCUT2D eigenvalue weighted by Gasteiger charge is -1.98. The molecule has 0 aliphatic heterocycles. The van der Waals surface area contributed by atoms with Crippen molar-refractivity contribution in [3.8, 4) is 0 Å². The van der Waals surface area contributed by atoms with Gasteiger partial charge in [-0.25, -0.2) is 4.79 Å². The molecule has 0 amide bonds. The Kier molecular flexibility index (Phi) is 7.70. The Morgan fingerprint density at radius 3 is 2.92 bits per heavy atom. The average Bonchev–Trinajstić information content (AvgIpc) is 2.06. The second-order valence-electron chi connectivity index (χ2n) is 2.50. The van der Waals surface area contributed by atoms with Crippen molar-refractivity contribution in [1.29, 1.82) is 0 Å². The van der Waals surface area contributed by atoms with Gasteiger partial charge in [0.15, 0.2) is 0 Å². The largest absolute Gasteiger partial charge is 0.463 e. The van der Waals surface area contributed by atoms with Crippen LogP contribution >= 0.6 is 0 Å². The van der Waals surface area contributed by atoms with Gasteiger partial charge in [-0.2, -0.15) is 0 Å². The van der Waals surface area contributed by atoms with Crippen LogP contribution in [0, 0.1) is 0 Å². The molecule has 0 aromatic carbocycles. The van der Waals surface area contributed by atoms with Gasteiger partial charge in [-0.3, -0.25) is 0 Å². The summed E-state index contributed by atoms with van der Waals surface area (Å²) in [7, 11) is 0. The zero-order chi connectivity index (χ0) is 9.23. The van der Waals surface area contributed by atoms with Gasteiger partial charge >= 0.3 is 5.97 Å². The second kappa shape index (κ2) is 8.27. The lowest BCUT2D eigenvalue weighted by Crippen LogP contribution is -2.02. The third-order valence-electron chi connectivity index (χ3n) is 1.33. The van der Waals surface area contributed by atoms with E-state index in [9.17, 15) is 4.79 Å². The quantitative estimate of drug-likeness (QED) is 0.371. The second-order valence-corrected chi connectivity index (χ2v) is 2.50. The normalized spacial score (nSPS) is 10.5. The maximum atomic E-state index is 10.8. The maximum absolute atomic E-state index is 10.8. The van der Waals surface area contributed by atoms with Crippen LogP contribution in [-0.2, 0) is 9.53 Å². The van der Waals surface area contributed by atoms with E-state index in [0.29, 0.717) is 13.2 Å². The van der Waals surface area contributed by atoms with Crippen molar-refractivity contribution < 1.29 is 9.53 Å². The summed E-state index contributed by atoms with van der Waals surface area (Å²) in [5.41, 5.74) is 5.23. The molecule has 0 bridgehead atoms. The maximum Gasteiger partial charge on any atom is 0.330 e. The Morgan fingerprint density at radius 2 is 2.33 bits per heavy atom. The molecule has 0 saturated carbocycles. The molecule has 0 aliphatic rings. The smallest absolute Gasteiger partial charge is 0.330 e. The molecule has 0 fully saturated rings. The lowest BCUT2D eigenvalue weighted by molar-refractivity contribution is -0.137. The Morgan fingerprint density at radius 1 is 1.58 bits per heavy atom. The molecular formula is C9H17NO2. The molecule has 0 saturated heterocycles. The standard InChI is InChI=1S/C9H17NO2/c1-2-3-8-12-9(11)6-4-5-7-10/h4,6H,2-3,5,7-8,10H2,1H3. The minimum atomic E-state index is -0.267. The van der Waals surface area contributed by atoms with Crippen molar-refractivity contribution >= 4 is 5.97 Å². The highest BCUT2D eigenvalue weighted by Crippen LogP contribution is 1.90. The first-order valence-corrected chi connectivity index (χ1v) is 4.34. The summed E-state index contributed by atoms with van der Waals surface area (Å²) in [4.78, 5) is 10.8. The zero-order valence-electron chi connectivity index (χ0n) is 7.58. The number of nitrogens with two attached hydrogens (primary N) is 1. The van der Waals surface area contributed by atoms with E-state index in [4.69, 9.17) is 10.5 Å². The van der Waals surface area contributed by atoms with Gasteiger partial charge in [0.25, 0.3) is 0 Å². The van der Waals surface area contributed by atoms with Gasteiger partial charge in [-0.1, -0.05) is 19.4 Å². The molecule has 3 heteroatoms. The van der Waals surface area contributed by atoms with Gasteiger partial charge in [0.05, 0.1) is 6.61 Å². The van der Waals surface area contributed by atoms with Gasteiger partial charge in [0.1, 0.15) is 0 Å². The molecule has 0 heterocycles. The minimum absolute atomic E-state index is 0.267. The van der Waals surface area contributed by atoms with Gasteiger partial charge < -0.3 is 10.5 Å². The van der Waals surface area contributed by atoms with Gasteiger partial charge in [-0.15, -0.1) is 0 Å². The molecule has 2 N–H and O–H groups in total. The van der Waals surface area contributed by atoms with E-state index in [1.807, 2.05) is 0 Å². The molecule has 0 atom stereocenters. The predicted molar refractivity (Wildman–Crippen MR) is 48.7 cm³/mol. The van der Waals surface area contributed by atoms with E-state index in [1.54, 1.807) is 6.08 Å². The van der Waals surface area contributed by atoms with Crippen LogP contribution < -0.4 is 5.73 Å². The van der Waals surface area contributed by atoms with Crippen LogP contribution in [0.5, 0.6) is 0 Å². The van der Waals surface area contributed by atoms with E-state index in [1.165, 1.54) is 6.08 Å². The number of unbranched alkanes of at least 4 members (excludes halogenated alkanes) is 1. The molecule has 0 aromatic rings. The number of rotatable bonds is 6. The van der Waals surface area contributed by atoms with Crippen LogP contribution in [0.2, 0.25) is 0 Å². The number of hydrogen-bond donors (Lipinski definition) is 1. The fraction of sp³-hybridized carbons (Fsp3) is 0.667. The molecular weight excluding hydrogens is 154 g/mol. The highest BCUT2D eigenvalue weighted by atomic mass is 16.5. The van der Waals surface area contributed by atoms with Crippen LogP contribution in [0.25, 0.3) is 0 Å². The fourth-order valence-corrected chi connectivity index (χ4v) is 0.641. The van der Waals surface area contributed by atoms with Crippen LogP contribution in [0.1, 0.15) is 26.2 Å². The van der Waals surface area contributed by atoms with Crippen molar-refractivity contribution in [1.82, 2.24) is 0 Å². The van der Waals surface area contributed by atoms with E-state index in [2.05, 4.69) is 6.92 Å². The predicted octanol–water partition coefficient (Wildman–Crippen LogP) is 1.23. The summed E-state index contributed by atoms with van der Waals surface area (Å²) in [6, 6.07) is 0. The van der Waals surface area contributed by atoms with Crippen LogP contribution in [0.4, 0.5) is 0 Å². The van der Waals surface area contributed by atoms with E-state index in [-0.39, 0.29) is 5.97 Å². The Bertz CT molecular complexity index is 143. The first-order chi connectivity index (χ1) is 5.81. The summed E-state index contributed by atoms with van der Waals surface area (Å²) in [6.45, 7) is 3.14. The van der Waals surface area contributed by atoms with Crippen molar-refractivity contribution in [2.24, 2.45) is 5.73 Å². The monoisotopic (exact) mass is 171 g/mol. The van der Waals surface area contributed by atoms with E-state index >= 15 is 0 Å². The van der Waals surface area contributed by atoms with Crippen LogP contribution in [-0.4, -0.2) is 19.1 Å². The van der Waals surface area contributed by atoms with Gasteiger partial charge in [-0.05, 0) is 19.4 Å². The molecule has 3 nitrogen and oxygen atoms in total. The highest BCUT2D eigenvalue weighted by Gasteiger charge is 1.93. The fourth-order valence-electron chi connectivity index (χ4n) is 0.641. The first-order valence-electron chi connectivity index (χ1n) is 4.34. The first kappa shape index (κ1) is 11.2. The molecule has 0 aliphatic carbocycles. The topological polar surface area (TPSA) is 52.3 Å². The summed E-state index contributed by atoms with van der Waals surface area (Å²) >= 11 is 0. The lowest BCUT2D eigenvalue weighted by atomic mass is 10.3. The molecule has 0 spiro atoms. The summed E-state index contributed by atoms with van der Waals surface area (Å²) in [5, 5.41) is 0. The molecule has 0 radical (unpaired) electrons.